The van der Waals surface area contributed by atoms with Crippen molar-refractivity contribution in [3.05, 3.63) is 36.7 Å². The molecule has 128 valence electrons. The van der Waals surface area contributed by atoms with Crippen LogP contribution in [0.5, 0.6) is 0 Å². The fraction of sp³-hybridized carbons (Fsp3) is 0.438. The Kier molecular flexibility index (Phi) is 5.14. The number of likely N-dealkylation sites (tertiary alicyclic amines) is 1. The summed E-state index contributed by atoms with van der Waals surface area (Å²) in [6, 6.07) is 7.33. The molecule has 1 aromatic carbocycles. The zero-order valence-electron chi connectivity index (χ0n) is 13.1. The summed E-state index contributed by atoms with van der Waals surface area (Å²) in [6.07, 6.45) is 2.18. The van der Waals surface area contributed by atoms with Crippen molar-refractivity contribution in [2.24, 2.45) is 5.92 Å². The first kappa shape index (κ1) is 16.5. The van der Waals surface area contributed by atoms with Crippen LogP contribution in [0.1, 0.15) is 12.8 Å². The Hall–Kier alpha value is -2.35. The molecule has 8 heteroatoms. The third-order valence-corrected chi connectivity index (χ3v) is 4.16. The number of halogens is 2. The van der Waals surface area contributed by atoms with E-state index in [1.807, 2.05) is 24.3 Å². The van der Waals surface area contributed by atoms with Crippen LogP contribution < -0.4 is 5.32 Å². The van der Waals surface area contributed by atoms with Gasteiger partial charge in [-0.25, -0.2) is 13.5 Å². The molecule has 1 aliphatic rings. The van der Waals surface area contributed by atoms with Crippen LogP contribution in [0, 0.1) is 5.92 Å². The van der Waals surface area contributed by atoms with Crippen LogP contribution in [0.25, 0.3) is 5.69 Å². The Bertz CT molecular complexity index is 669. The lowest BCUT2D eigenvalue weighted by atomic mass is 9.96. The number of piperidine rings is 1. The van der Waals surface area contributed by atoms with E-state index in [0.717, 1.165) is 5.69 Å². The van der Waals surface area contributed by atoms with Crippen molar-refractivity contribution in [2.75, 3.05) is 25.0 Å². The van der Waals surface area contributed by atoms with Crippen LogP contribution in [-0.4, -0.2) is 51.9 Å². The van der Waals surface area contributed by atoms with Crippen LogP contribution in [0.15, 0.2) is 36.7 Å². The van der Waals surface area contributed by atoms with Gasteiger partial charge < -0.3 is 5.32 Å². The lowest BCUT2D eigenvalue weighted by molar-refractivity contribution is -0.121. The number of benzene rings is 1. The maximum atomic E-state index is 12.4. The fourth-order valence-corrected chi connectivity index (χ4v) is 2.89. The Labute approximate surface area is 138 Å². The molecule has 1 amide bonds. The minimum Gasteiger partial charge on any atom is -0.326 e. The monoisotopic (exact) mass is 335 g/mol. The number of alkyl halides is 2. The summed E-state index contributed by atoms with van der Waals surface area (Å²) >= 11 is 0. The molecule has 0 aliphatic carbocycles. The molecule has 0 atom stereocenters. The Morgan fingerprint density at radius 1 is 1.33 bits per heavy atom. The molecule has 2 heterocycles. The van der Waals surface area contributed by atoms with E-state index < -0.39 is 6.43 Å². The number of hydrogen-bond donors (Lipinski definition) is 1. The highest BCUT2D eigenvalue weighted by molar-refractivity contribution is 5.92. The Morgan fingerprint density at radius 2 is 2.12 bits per heavy atom. The number of nitrogens with one attached hydrogen (secondary N) is 1. The molecule has 1 aromatic heterocycles. The highest BCUT2D eigenvalue weighted by Crippen LogP contribution is 2.21. The Morgan fingerprint density at radius 3 is 2.79 bits per heavy atom. The van der Waals surface area contributed by atoms with Gasteiger partial charge in [0.05, 0.1) is 24.6 Å². The van der Waals surface area contributed by atoms with Crippen LogP contribution in [0.2, 0.25) is 0 Å². The van der Waals surface area contributed by atoms with E-state index >= 15 is 0 Å². The largest absolute Gasteiger partial charge is 0.326 e. The number of carbonyl (C=O) groups excluding carboxylic acids is 1. The highest BCUT2D eigenvalue weighted by Gasteiger charge is 2.26. The summed E-state index contributed by atoms with van der Waals surface area (Å²) in [5.41, 5.74) is 1.49. The minimum atomic E-state index is -2.32. The quantitative estimate of drug-likeness (QED) is 0.910. The second-order valence-corrected chi connectivity index (χ2v) is 5.85. The van der Waals surface area contributed by atoms with Gasteiger partial charge in [0.15, 0.2) is 0 Å². The van der Waals surface area contributed by atoms with Gasteiger partial charge in [0, 0.05) is 11.6 Å². The lowest BCUT2D eigenvalue weighted by Crippen LogP contribution is -2.40. The van der Waals surface area contributed by atoms with Crippen LogP contribution in [0.4, 0.5) is 14.5 Å². The van der Waals surface area contributed by atoms with Crippen molar-refractivity contribution < 1.29 is 13.6 Å². The average molecular weight is 335 g/mol. The van der Waals surface area contributed by atoms with E-state index in [1.165, 1.54) is 0 Å². The van der Waals surface area contributed by atoms with E-state index in [-0.39, 0.29) is 18.4 Å². The zero-order chi connectivity index (χ0) is 16.9. The van der Waals surface area contributed by atoms with Gasteiger partial charge in [-0.05, 0) is 44.1 Å². The standard InChI is InChI=1S/C16H19F2N5O/c17-15(18)11-22-7-4-12(5-8-22)16(24)20-13-2-1-3-14(10-13)23-9-6-19-21-23/h1-3,6,9-10,12,15H,4-5,7-8,11H2,(H,20,24). The molecule has 24 heavy (non-hydrogen) atoms. The first-order valence-electron chi connectivity index (χ1n) is 7.90. The molecule has 0 unspecified atom stereocenters. The van der Waals surface area contributed by atoms with Gasteiger partial charge in [0.25, 0.3) is 6.43 Å². The van der Waals surface area contributed by atoms with E-state index in [1.54, 1.807) is 22.0 Å². The van der Waals surface area contributed by atoms with Gasteiger partial charge in [-0.1, -0.05) is 11.3 Å². The SMILES string of the molecule is O=C(Nc1cccc(-n2ccnn2)c1)C1CCN(CC(F)F)CC1. The van der Waals surface area contributed by atoms with Crippen LogP contribution >= 0.6 is 0 Å². The third-order valence-electron chi connectivity index (χ3n) is 4.16. The van der Waals surface area contributed by atoms with E-state index in [4.69, 9.17) is 0 Å². The van der Waals surface area contributed by atoms with Gasteiger partial charge in [-0.3, -0.25) is 9.69 Å². The highest BCUT2D eigenvalue weighted by atomic mass is 19.3. The predicted molar refractivity (Wildman–Crippen MR) is 85.2 cm³/mol. The van der Waals surface area contributed by atoms with Gasteiger partial charge >= 0.3 is 0 Å². The van der Waals surface area contributed by atoms with E-state index in [9.17, 15) is 13.6 Å². The smallest absolute Gasteiger partial charge is 0.251 e. The van der Waals surface area contributed by atoms with Crippen LogP contribution in [-0.2, 0) is 4.79 Å². The molecule has 2 aromatic rings. The molecule has 1 aliphatic heterocycles. The van der Waals surface area contributed by atoms with E-state index in [2.05, 4.69) is 15.6 Å². The normalized spacial score (nSPS) is 16.5. The van der Waals surface area contributed by atoms with Crippen molar-refractivity contribution in [3.63, 3.8) is 0 Å². The third kappa shape index (κ3) is 4.14. The molecule has 1 fully saturated rings. The summed E-state index contributed by atoms with van der Waals surface area (Å²) in [7, 11) is 0. The second kappa shape index (κ2) is 7.48. The number of nitrogens with zero attached hydrogens (tertiary/aromatic N) is 4. The zero-order valence-corrected chi connectivity index (χ0v) is 13.1. The lowest BCUT2D eigenvalue weighted by Gasteiger charge is -2.30. The molecular formula is C16H19F2N5O. The van der Waals surface area contributed by atoms with Gasteiger partial charge in [0.2, 0.25) is 5.91 Å². The maximum Gasteiger partial charge on any atom is 0.251 e. The van der Waals surface area contributed by atoms with Crippen molar-refractivity contribution in [1.82, 2.24) is 19.9 Å². The number of rotatable bonds is 5. The number of amides is 1. The molecule has 0 spiro atoms. The summed E-state index contributed by atoms with van der Waals surface area (Å²) in [5.74, 6) is -0.212. The number of anilines is 1. The van der Waals surface area contributed by atoms with E-state index in [0.29, 0.717) is 31.6 Å². The van der Waals surface area contributed by atoms with Crippen molar-refractivity contribution >= 4 is 11.6 Å². The summed E-state index contributed by atoms with van der Waals surface area (Å²) in [5, 5.41) is 10.6. The fourth-order valence-electron chi connectivity index (χ4n) is 2.89. The van der Waals surface area contributed by atoms with Crippen molar-refractivity contribution in [1.29, 1.82) is 0 Å². The number of aromatic nitrogens is 3. The molecule has 1 N–H and O–H groups in total. The molecular weight excluding hydrogens is 316 g/mol. The number of carbonyl (C=O) groups is 1. The van der Waals surface area contributed by atoms with Crippen molar-refractivity contribution in [2.45, 2.75) is 19.3 Å². The summed E-state index contributed by atoms with van der Waals surface area (Å²) < 4.78 is 26.4. The first-order valence-corrected chi connectivity index (χ1v) is 7.90. The summed E-state index contributed by atoms with van der Waals surface area (Å²) in [4.78, 5) is 14.1. The second-order valence-electron chi connectivity index (χ2n) is 5.85. The van der Waals surface area contributed by atoms with Crippen LogP contribution in [0.3, 0.4) is 0 Å². The molecule has 1 saturated heterocycles. The van der Waals surface area contributed by atoms with Gasteiger partial charge in [-0.15, -0.1) is 5.10 Å². The number of hydrogen-bond acceptors (Lipinski definition) is 4. The van der Waals surface area contributed by atoms with Crippen molar-refractivity contribution in [3.8, 4) is 5.69 Å². The predicted octanol–water partition coefficient (Wildman–Crippen LogP) is 2.18. The first-order chi connectivity index (χ1) is 11.6. The average Bonchev–Trinajstić information content (AvgIpc) is 3.10. The molecule has 0 saturated carbocycles. The van der Waals surface area contributed by atoms with Gasteiger partial charge in [-0.2, -0.15) is 0 Å². The summed E-state index contributed by atoms with van der Waals surface area (Å²) in [6.45, 7) is 0.844. The molecule has 3 rings (SSSR count). The maximum absolute atomic E-state index is 12.4. The molecule has 6 nitrogen and oxygen atoms in total. The molecule has 0 radical (unpaired) electrons. The molecule has 0 bridgehead atoms. The van der Waals surface area contributed by atoms with Gasteiger partial charge in [0.1, 0.15) is 0 Å². The Balaban J connectivity index is 1.57. The topological polar surface area (TPSA) is 63.1 Å². The minimum absolute atomic E-state index is 0.0672.